The van der Waals surface area contributed by atoms with Crippen LogP contribution in [0.15, 0.2) is 18.2 Å². The lowest BCUT2D eigenvalue weighted by atomic mass is 10.1. The van der Waals surface area contributed by atoms with Gasteiger partial charge in [-0.2, -0.15) is 0 Å². The van der Waals surface area contributed by atoms with Crippen molar-refractivity contribution in [3.63, 3.8) is 0 Å². The first kappa shape index (κ1) is 9.01. The van der Waals surface area contributed by atoms with Gasteiger partial charge in [0.05, 0.1) is 0 Å². The molecule has 2 aliphatic rings. The van der Waals surface area contributed by atoms with E-state index in [-0.39, 0.29) is 5.82 Å². The number of hydrogen-bond acceptors (Lipinski definition) is 2. The van der Waals surface area contributed by atoms with Crippen molar-refractivity contribution in [2.75, 3.05) is 17.2 Å². The average Bonchev–Trinajstić information content (AvgIpc) is 2.76. The lowest BCUT2D eigenvalue weighted by molar-refractivity contribution is 0.552. The van der Waals surface area contributed by atoms with E-state index in [1.54, 1.807) is 6.07 Å². The van der Waals surface area contributed by atoms with Crippen LogP contribution in [-0.4, -0.2) is 12.6 Å². The van der Waals surface area contributed by atoms with Gasteiger partial charge in [0, 0.05) is 24.0 Å². The maximum atomic E-state index is 13.2. The first-order valence-corrected chi connectivity index (χ1v) is 5.55. The second-order valence-electron chi connectivity index (χ2n) is 4.73. The molecule has 1 aromatic rings. The summed E-state index contributed by atoms with van der Waals surface area (Å²) in [5.74, 6) is 0.590. The van der Waals surface area contributed by atoms with Crippen molar-refractivity contribution in [3.8, 4) is 0 Å². The number of benzene rings is 1. The Morgan fingerprint density at radius 1 is 1.27 bits per heavy atom. The molecule has 0 spiro atoms. The normalized spacial score (nSPS) is 28.7. The van der Waals surface area contributed by atoms with Gasteiger partial charge in [0.25, 0.3) is 0 Å². The molecule has 2 atom stereocenters. The summed E-state index contributed by atoms with van der Waals surface area (Å²) >= 11 is 0. The largest absolute Gasteiger partial charge is 0.399 e. The molecule has 15 heavy (non-hydrogen) atoms. The van der Waals surface area contributed by atoms with Crippen LogP contribution in [0, 0.1) is 11.7 Å². The summed E-state index contributed by atoms with van der Waals surface area (Å²) in [6, 6.07) is 5.47. The number of piperidine rings is 1. The zero-order valence-electron chi connectivity index (χ0n) is 8.62. The van der Waals surface area contributed by atoms with Crippen molar-refractivity contribution in [2.24, 2.45) is 5.92 Å². The van der Waals surface area contributed by atoms with Crippen LogP contribution < -0.4 is 10.6 Å². The number of nitrogens with zero attached hydrogens (tertiary/aromatic N) is 1. The summed E-state index contributed by atoms with van der Waals surface area (Å²) in [7, 11) is 0. The van der Waals surface area contributed by atoms with Gasteiger partial charge in [-0.3, -0.25) is 0 Å². The third-order valence-corrected chi connectivity index (χ3v) is 3.65. The van der Waals surface area contributed by atoms with Crippen molar-refractivity contribution in [1.82, 2.24) is 0 Å². The second kappa shape index (κ2) is 3.12. The van der Waals surface area contributed by atoms with Crippen LogP contribution in [0.25, 0.3) is 0 Å². The number of nitrogens with two attached hydrogens (primary N) is 1. The van der Waals surface area contributed by atoms with Crippen molar-refractivity contribution in [1.29, 1.82) is 0 Å². The van der Waals surface area contributed by atoms with E-state index < -0.39 is 0 Å². The van der Waals surface area contributed by atoms with Crippen LogP contribution in [0.2, 0.25) is 0 Å². The minimum atomic E-state index is -0.229. The quantitative estimate of drug-likeness (QED) is 0.715. The maximum absolute atomic E-state index is 13.2. The second-order valence-corrected chi connectivity index (χ2v) is 4.73. The van der Waals surface area contributed by atoms with E-state index in [0.29, 0.717) is 11.7 Å². The van der Waals surface area contributed by atoms with Gasteiger partial charge in [-0.05, 0) is 43.4 Å². The third-order valence-electron chi connectivity index (χ3n) is 3.65. The minimum absolute atomic E-state index is 0.229. The average molecular weight is 206 g/mol. The molecule has 1 aromatic carbocycles. The van der Waals surface area contributed by atoms with Gasteiger partial charge in [-0.1, -0.05) is 0 Å². The van der Waals surface area contributed by atoms with E-state index in [1.165, 1.54) is 25.3 Å². The van der Waals surface area contributed by atoms with Gasteiger partial charge < -0.3 is 10.6 Å². The number of halogens is 1. The lowest BCUT2D eigenvalue weighted by Crippen LogP contribution is -2.31. The number of rotatable bonds is 1. The molecule has 1 saturated heterocycles. The van der Waals surface area contributed by atoms with Crippen molar-refractivity contribution in [2.45, 2.75) is 25.3 Å². The highest BCUT2D eigenvalue weighted by Crippen LogP contribution is 2.40. The summed E-state index contributed by atoms with van der Waals surface area (Å²) in [5.41, 5.74) is 7.14. The molecule has 0 aromatic heterocycles. The zero-order chi connectivity index (χ0) is 10.4. The van der Waals surface area contributed by atoms with E-state index in [2.05, 4.69) is 4.90 Å². The molecular formula is C12H15FN2. The molecule has 0 amide bonds. The van der Waals surface area contributed by atoms with Gasteiger partial charge in [-0.15, -0.1) is 0 Å². The Morgan fingerprint density at radius 2 is 2.13 bits per heavy atom. The Bertz CT molecular complexity index is 371. The Kier molecular flexibility index (Phi) is 1.87. The van der Waals surface area contributed by atoms with Gasteiger partial charge in [-0.25, -0.2) is 4.39 Å². The number of anilines is 2. The molecule has 3 heteroatoms. The van der Waals surface area contributed by atoms with Crippen molar-refractivity contribution < 1.29 is 4.39 Å². The van der Waals surface area contributed by atoms with Crippen molar-refractivity contribution >= 4 is 11.4 Å². The molecule has 2 bridgehead atoms. The summed E-state index contributed by atoms with van der Waals surface area (Å²) < 4.78 is 13.2. The number of fused-ring (bicyclic) bond motifs is 2. The van der Waals surface area contributed by atoms with E-state index in [9.17, 15) is 4.39 Å². The Labute approximate surface area is 88.9 Å². The molecule has 1 aliphatic carbocycles. The molecule has 0 radical (unpaired) electrons. The third kappa shape index (κ3) is 1.46. The highest BCUT2D eigenvalue weighted by atomic mass is 19.1. The Morgan fingerprint density at radius 3 is 2.73 bits per heavy atom. The minimum Gasteiger partial charge on any atom is -0.399 e. The predicted molar refractivity (Wildman–Crippen MR) is 59.3 cm³/mol. The van der Waals surface area contributed by atoms with Gasteiger partial charge in [0.15, 0.2) is 0 Å². The van der Waals surface area contributed by atoms with Crippen LogP contribution >= 0.6 is 0 Å². The summed E-state index contributed by atoms with van der Waals surface area (Å²) in [4.78, 5) is 2.31. The van der Waals surface area contributed by atoms with Crippen LogP contribution in [-0.2, 0) is 0 Å². The summed E-state index contributed by atoms with van der Waals surface area (Å²) in [6.45, 7) is 1.08. The molecule has 2 N–H and O–H groups in total. The molecule has 1 saturated carbocycles. The first-order chi connectivity index (χ1) is 7.22. The standard InChI is InChI=1S/C12H15FN2/c13-9-4-10(14)6-12(5-9)15-7-8-1-2-11(15)3-8/h4-6,8,11H,1-3,7,14H2. The Hall–Kier alpha value is -1.25. The van der Waals surface area contributed by atoms with Gasteiger partial charge >= 0.3 is 0 Å². The molecular weight excluding hydrogens is 191 g/mol. The summed E-state index contributed by atoms with van der Waals surface area (Å²) in [6.07, 6.45) is 3.86. The number of hydrogen-bond donors (Lipinski definition) is 1. The highest BCUT2D eigenvalue weighted by molar-refractivity contribution is 5.58. The maximum Gasteiger partial charge on any atom is 0.127 e. The lowest BCUT2D eigenvalue weighted by Gasteiger charge is -2.29. The summed E-state index contributed by atoms with van der Waals surface area (Å²) in [5, 5.41) is 0. The smallest absolute Gasteiger partial charge is 0.127 e. The SMILES string of the molecule is Nc1cc(F)cc(N2CC3CCC2C3)c1. The van der Waals surface area contributed by atoms with E-state index in [0.717, 1.165) is 18.2 Å². The van der Waals surface area contributed by atoms with E-state index in [1.807, 2.05) is 6.07 Å². The number of nitrogen functional groups attached to an aromatic ring is 1. The molecule has 2 unspecified atom stereocenters. The highest BCUT2D eigenvalue weighted by Gasteiger charge is 2.37. The molecule has 3 rings (SSSR count). The van der Waals surface area contributed by atoms with Crippen LogP contribution in [0.1, 0.15) is 19.3 Å². The van der Waals surface area contributed by atoms with E-state index in [4.69, 9.17) is 5.73 Å². The van der Waals surface area contributed by atoms with Crippen LogP contribution in [0.4, 0.5) is 15.8 Å². The topological polar surface area (TPSA) is 29.3 Å². The molecule has 80 valence electrons. The molecule has 1 aliphatic heterocycles. The van der Waals surface area contributed by atoms with Gasteiger partial charge in [0.1, 0.15) is 5.82 Å². The predicted octanol–water partition coefficient (Wildman–Crippen LogP) is 2.40. The van der Waals surface area contributed by atoms with Crippen molar-refractivity contribution in [3.05, 3.63) is 24.0 Å². The fourth-order valence-electron chi connectivity index (χ4n) is 3.00. The fourth-order valence-corrected chi connectivity index (χ4v) is 3.00. The Balaban J connectivity index is 1.93. The van der Waals surface area contributed by atoms with Gasteiger partial charge in [0.2, 0.25) is 0 Å². The van der Waals surface area contributed by atoms with Crippen LogP contribution in [0.5, 0.6) is 0 Å². The zero-order valence-corrected chi connectivity index (χ0v) is 8.62. The fraction of sp³-hybridized carbons (Fsp3) is 0.500. The molecule has 2 nitrogen and oxygen atoms in total. The van der Waals surface area contributed by atoms with Crippen LogP contribution in [0.3, 0.4) is 0 Å². The monoisotopic (exact) mass is 206 g/mol. The van der Waals surface area contributed by atoms with E-state index >= 15 is 0 Å². The first-order valence-electron chi connectivity index (χ1n) is 5.55. The molecule has 2 fully saturated rings. The molecule has 1 heterocycles.